The summed E-state index contributed by atoms with van der Waals surface area (Å²) in [5, 5.41) is 16.2. The molecule has 0 N–H and O–H groups in total. The summed E-state index contributed by atoms with van der Waals surface area (Å²) in [6, 6.07) is 11.1. The van der Waals surface area contributed by atoms with E-state index in [4.69, 9.17) is 16.3 Å². The average Bonchev–Trinajstić information content (AvgIpc) is 3.46. The van der Waals surface area contributed by atoms with E-state index in [2.05, 4.69) is 5.10 Å². The summed E-state index contributed by atoms with van der Waals surface area (Å²) in [5.74, 6) is -0.314. The number of benzene rings is 2. The zero-order chi connectivity index (χ0) is 22.4. The number of rotatable bonds is 6. The van der Waals surface area contributed by atoms with Crippen molar-refractivity contribution >= 4 is 35.3 Å². The van der Waals surface area contributed by atoms with Gasteiger partial charge in [-0.1, -0.05) is 23.8 Å². The van der Waals surface area contributed by atoms with Crippen LogP contribution in [-0.2, 0) is 16.2 Å². The van der Waals surface area contributed by atoms with E-state index >= 15 is 0 Å². The number of carbonyl (C=O) groups is 2. The van der Waals surface area contributed by atoms with Gasteiger partial charge >= 0.3 is 0 Å². The molecule has 1 saturated carbocycles. The SMILES string of the molecule is O=C1[C@@H]2[C@H](C(=O)N1N=Cc1ccc(OCc3ccc([N+](=O)[O-])cc3)c(Cl)c1)[C@H]1C=C[C@H]2C1. The summed E-state index contributed by atoms with van der Waals surface area (Å²) in [6.45, 7) is 0.196. The number of nitrogens with zero attached hydrogens (tertiary/aromatic N) is 3. The fourth-order valence-electron chi connectivity index (χ4n) is 4.71. The highest BCUT2D eigenvalue weighted by atomic mass is 35.5. The molecule has 1 saturated heterocycles. The second-order valence-electron chi connectivity index (χ2n) is 8.13. The van der Waals surface area contributed by atoms with E-state index in [1.807, 2.05) is 12.2 Å². The van der Waals surface area contributed by atoms with Gasteiger partial charge in [0.2, 0.25) is 0 Å². The summed E-state index contributed by atoms with van der Waals surface area (Å²) < 4.78 is 5.70. The van der Waals surface area contributed by atoms with E-state index in [0.717, 1.165) is 17.0 Å². The minimum Gasteiger partial charge on any atom is -0.487 e. The fraction of sp³-hybridized carbons (Fsp3) is 0.261. The van der Waals surface area contributed by atoms with Crippen LogP contribution in [0.3, 0.4) is 0 Å². The predicted octanol–water partition coefficient (Wildman–Crippen LogP) is 3.97. The molecular weight excluding hydrogens is 434 g/mol. The molecule has 1 heterocycles. The van der Waals surface area contributed by atoms with Gasteiger partial charge in [0.1, 0.15) is 12.4 Å². The molecule has 2 aliphatic carbocycles. The Balaban J connectivity index is 1.24. The van der Waals surface area contributed by atoms with Crippen molar-refractivity contribution < 1.29 is 19.2 Å². The van der Waals surface area contributed by atoms with Crippen molar-refractivity contribution in [2.75, 3.05) is 0 Å². The van der Waals surface area contributed by atoms with Crippen LogP contribution in [0.25, 0.3) is 0 Å². The van der Waals surface area contributed by atoms with Gasteiger partial charge in [0.15, 0.2) is 0 Å². The first kappa shape index (κ1) is 20.4. The van der Waals surface area contributed by atoms with E-state index in [9.17, 15) is 19.7 Å². The maximum absolute atomic E-state index is 12.7. The van der Waals surface area contributed by atoms with Crippen LogP contribution in [0.15, 0.2) is 59.7 Å². The van der Waals surface area contributed by atoms with E-state index < -0.39 is 4.92 Å². The molecule has 0 radical (unpaired) electrons. The molecule has 32 heavy (non-hydrogen) atoms. The third-order valence-corrected chi connectivity index (χ3v) is 6.56. The number of allylic oxidation sites excluding steroid dienone is 2. The van der Waals surface area contributed by atoms with Crippen molar-refractivity contribution in [1.29, 1.82) is 0 Å². The van der Waals surface area contributed by atoms with Crippen LogP contribution >= 0.6 is 11.6 Å². The Kier molecular flexibility index (Phi) is 5.01. The highest BCUT2D eigenvalue weighted by Crippen LogP contribution is 2.52. The van der Waals surface area contributed by atoms with Crippen molar-refractivity contribution in [1.82, 2.24) is 5.01 Å². The van der Waals surface area contributed by atoms with Gasteiger partial charge in [-0.05, 0) is 59.7 Å². The van der Waals surface area contributed by atoms with E-state index in [0.29, 0.717) is 16.3 Å². The first-order valence-corrected chi connectivity index (χ1v) is 10.6. The monoisotopic (exact) mass is 451 g/mol. The van der Waals surface area contributed by atoms with E-state index in [1.165, 1.54) is 18.3 Å². The van der Waals surface area contributed by atoms with E-state index in [-0.39, 0.29) is 47.8 Å². The quantitative estimate of drug-likeness (QED) is 0.217. The molecule has 2 amide bonds. The number of amides is 2. The van der Waals surface area contributed by atoms with Crippen molar-refractivity contribution in [3.8, 4) is 5.75 Å². The molecule has 4 atom stereocenters. The molecule has 0 spiro atoms. The number of fused-ring (bicyclic) bond motifs is 5. The highest BCUT2D eigenvalue weighted by Gasteiger charge is 2.59. The van der Waals surface area contributed by atoms with Gasteiger partial charge in [0, 0.05) is 12.1 Å². The normalized spacial score (nSPS) is 25.7. The van der Waals surface area contributed by atoms with Crippen LogP contribution in [0.1, 0.15) is 17.5 Å². The van der Waals surface area contributed by atoms with Gasteiger partial charge in [-0.15, -0.1) is 0 Å². The lowest BCUT2D eigenvalue weighted by atomic mass is 9.85. The van der Waals surface area contributed by atoms with Crippen LogP contribution in [-0.4, -0.2) is 28.0 Å². The summed E-state index contributed by atoms with van der Waals surface area (Å²) in [6.07, 6.45) is 6.40. The number of hydrogen-bond acceptors (Lipinski definition) is 6. The molecule has 2 bridgehead atoms. The van der Waals surface area contributed by atoms with Gasteiger partial charge < -0.3 is 4.74 Å². The van der Waals surface area contributed by atoms with Gasteiger partial charge in [-0.2, -0.15) is 10.1 Å². The molecule has 0 unspecified atom stereocenters. The summed E-state index contributed by atoms with van der Waals surface area (Å²) >= 11 is 6.31. The Hall–Kier alpha value is -3.52. The third kappa shape index (κ3) is 3.46. The topological polar surface area (TPSA) is 102 Å². The Bertz CT molecular complexity index is 1150. The highest BCUT2D eigenvalue weighted by molar-refractivity contribution is 6.32. The molecule has 0 aromatic heterocycles. The van der Waals surface area contributed by atoms with E-state index in [1.54, 1.807) is 30.3 Å². The predicted molar refractivity (Wildman–Crippen MR) is 116 cm³/mol. The van der Waals surface area contributed by atoms with Crippen LogP contribution in [0.4, 0.5) is 5.69 Å². The number of carbonyl (C=O) groups excluding carboxylic acids is 2. The molecule has 2 aromatic rings. The molecule has 9 heteroatoms. The van der Waals surface area contributed by atoms with Gasteiger partial charge in [-0.3, -0.25) is 19.7 Å². The smallest absolute Gasteiger partial charge is 0.269 e. The minimum absolute atomic E-state index is 0.0120. The Labute approximate surface area is 188 Å². The maximum Gasteiger partial charge on any atom is 0.269 e. The molecule has 8 nitrogen and oxygen atoms in total. The number of nitro groups is 1. The molecule has 2 fully saturated rings. The largest absolute Gasteiger partial charge is 0.487 e. The molecule has 1 aliphatic heterocycles. The standard InChI is InChI=1S/C23H18ClN3O5/c24-18-9-14(3-8-19(18)32-12-13-1-6-17(7-2-13)27(30)31)11-25-26-22(28)20-15-4-5-16(10-15)21(20)23(26)29/h1-9,11,15-16,20-21H,10,12H2/t15-,16-,20-,21+/m0/s1. The number of non-ortho nitro benzene ring substituents is 1. The second-order valence-corrected chi connectivity index (χ2v) is 8.54. The third-order valence-electron chi connectivity index (χ3n) is 6.27. The number of halogens is 1. The van der Waals surface area contributed by atoms with Crippen molar-refractivity contribution in [2.45, 2.75) is 13.0 Å². The maximum atomic E-state index is 12.7. The summed E-state index contributed by atoms with van der Waals surface area (Å²) in [5.41, 5.74) is 1.40. The van der Waals surface area contributed by atoms with Gasteiger partial charge in [-0.25, -0.2) is 0 Å². The summed E-state index contributed by atoms with van der Waals surface area (Å²) in [4.78, 5) is 35.6. The molecular formula is C23H18ClN3O5. The van der Waals surface area contributed by atoms with Gasteiger partial charge in [0.25, 0.3) is 17.5 Å². The number of nitro benzene ring substituents is 1. The molecule has 5 rings (SSSR count). The molecule has 2 aromatic carbocycles. The van der Waals surface area contributed by atoms with Crippen molar-refractivity contribution in [2.24, 2.45) is 28.8 Å². The average molecular weight is 452 g/mol. The molecule has 162 valence electrons. The fourth-order valence-corrected chi connectivity index (χ4v) is 4.96. The zero-order valence-electron chi connectivity index (χ0n) is 16.8. The first-order valence-electron chi connectivity index (χ1n) is 10.2. The zero-order valence-corrected chi connectivity index (χ0v) is 17.5. The lowest BCUT2D eigenvalue weighted by Gasteiger charge is -2.13. The lowest BCUT2D eigenvalue weighted by Crippen LogP contribution is -2.28. The van der Waals surface area contributed by atoms with Crippen molar-refractivity contribution in [3.05, 3.63) is 80.9 Å². The Morgan fingerprint density at radius 1 is 1.09 bits per heavy atom. The number of ether oxygens (including phenoxy) is 1. The minimum atomic E-state index is -0.460. The van der Waals surface area contributed by atoms with Crippen LogP contribution in [0, 0.1) is 33.8 Å². The molecule has 3 aliphatic rings. The Morgan fingerprint density at radius 2 is 1.75 bits per heavy atom. The lowest BCUT2D eigenvalue weighted by molar-refractivity contribution is -0.384. The summed E-state index contributed by atoms with van der Waals surface area (Å²) in [7, 11) is 0. The second kappa shape index (κ2) is 7.87. The Morgan fingerprint density at radius 3 is 2.34 bits per heavy atom. The number of imide groups is 1. The van der Waals surface area contributed by atoms with Crippen LogP contribution in [0.5, 0.6) is 5.75 Å². The first-order chi connectivity index (χ1) is 15.4. The van der Waals surface area contributed by atoms with Crippen LogP contribution < -0.4 is 4.74 Å². The number of hydrazone groups is 1. The van der Waals surface area contributed by atoms with Crippen LogP contribution in [0.2, 0.25) is 5.02 Å². The number of hydrogen-bond donors (Lipinski definition) is 0. The van der Waals surface area contributed by atoms with Gasteiger partial charge in [0.05, 0.1) is 28.0 Å². The van der Waals surface area contributed by atoms with Crippen molar-refractivity contribution in [3.63, 3.8) is 0 Å².